The molecular weight excluding hydrogens is 283 g/mol. The number of carbonyl (C=O) groups is 1. The van der Waals surface area contributed by atoms with Gasteiger partial charge in [0, 0.05) is 18.2 Å². The number of benzene rings is 1. The van der Waals surface area contributed by atoms with Gasteiger partial charge in [-0.05, 0) is 32.8 Å². The molecule has 1 heterocycles. The zero-order valence-corrected chi connectivity index (χ0v) is 12.0. The minimum atomic E-state index is -1.28. The molecule has 0 unspecified atom stereocenters. The predicted molar refractivity (Wildman–Crippen MR) is 71.1 cm³/mol. The summed E-state index contributed by atoms with van der Waals surface area (Å²) in [5, 5.41) is 10.1. The highest BCUT2D eigenvalue weighted by Gasteiger charge is 2.38. The van der Waals surface area contributed by atoms with Crippen molar-refractivity contribution in [1.29, 1.82) is 0 Å². The van der Waals surface area contributed by atoms with Gasteiger partial charge in [-0.2, -0.15) is 0 Å². The second kappa shape index (κ2) is 5.67. The van der Waals surface area contributed by atoms with Crippen LogP contribution in [0.5, 0.6) is 0 Å². The van der Waals surface area contributed by atoms with Gasteiger partial charge in [0.15, 0.2) is 11.6 Å². The van der Waals surface area contributed by atoms with Crippen molar-refractivity contribution < 1.29 is 23.1 Å². The molecule has 0 aromatic heterocycles. The van der Waals surface area contributed by atoms with E-state index in [1.165, 1.54) is 4.90 Å². The van der Waals surface area contributed by atoms with Gasteiger partial charge in [-0.25, -0.2) is 13.2 Å². The Bertz CT molecular complexity index is 555. The van der Waals surface area contributed by atoms with Crippen LogP contribution in [0, 0.1) is 17.5 Å². The van der Waals surface area contributed by atoms with Gasteiger partial charge in [0.05, 0.1) is 18.1 Å². The van der Waals surface area contributed by atoms with Gasteiger partial charge in [-0.15, -0.1) is 0 Å². The van der Waals surface area contributed by atoms with E-state index < -0.39 is 29.0 Å². The molecule has 1 amide bonds. The lowest BCUT2D eigenvalue weighted by atomic mass is 9.96. The minimum absolute atomic E-state index is 0.180. The summed E-state index contributed by atoms with van der Waals surface area (Å²) < 4.78 is 39.6. The van der Waals surface area contributed by atoms with Gasteiger partial charge < -0.3 is 10.0 Å². The Hall–Kier alpha value is -1.56. The van der Waals surface area contributed by atoms with E-state index in [1.807, 2.05) is 0 Å². The summed E-state index contributed by atoms with van der Waals surface area (Å²) in [4.78, 5) is 13.7. The fourth-order valence-corrected chi connectivity index (χ4v) is 2.76. The maximum atomic E-state index is 13.6. The first kappa shape index (κ1) is 15.8. The molecule has 6 heteroatoms. The van der Waals surface area contributed by atoms with Crippen LogP contribution in [0.1, 0.15) is 32.3 Å². The van der Waals surface area contributed by atoms with E-state index in [4.69, 9.17) is 0 Å². The maximum absolute atomic E-state index is 13.6. The molecule has 1 aliphatic rings. The van der Waals surface area contributed by atoms with Crippen molar-refractivity contribution in [3.63, 3.8) is 0 Å². The highest BCUT2D eigenvalue weighted by molar-refractivity contribution is 5.79. The summed E-state index contributed by atoms with van der Waals surface area (Å²) in [5.74, 6) is -3.80. The average Bonchev–Trinajstić information content (AvgIpc) is 2.85. The van der Waals surface area contributed by atoms with Crippen LogP contribution in [-0.2, 0) is 11.2 Å². The van der Waals surface area contributed by atoms with Crippen molar-refractivity contribution in [1.82, 2.24) is 4.90 Å². The van der Waals surface area contributed by atoms with E-state index in [0.717, 1.165) is 6.42 Å². The fourth-order valence-electron chi connectivity index (χ4n) is 2.76. The Kier molecular flexibility index (Phi) is 4.27. The molecule has 21 heavy (non-hydrogen) atoms. The molecule has 1 saturated heterocycles. The molecule has 116 valence electrons. The molecule has 0 aliphatic carbocycles. The predicted octanol–water partition coefficient (Wildman–Crippen LogP) is 2.41. The van der Waals surface area contributed by atoms with Gasteiger partial charge in [0.25, 0.3) is 0 Å². The molecule has 1 aromatic rings. The van der Waals surface area contributed by atoms with E-state index in [2.05, 4.69) is 0 Å². The van der Waals surface area contributed by atoms with E-state index in [0.29, 0.717) is 25.1 Å². The van der Waals surface area contributed by atoms with Crippen molar-refractivity contribution in [2.24, 2.45) is 0 Å². The Morgan fingerprint density at radius 3 is 2.52 bits per heavy atom. The van der Waals surface area contributed by atoms with Crippen molar-refractivity contribution in [3.05, 3.63) is 35.1 Å². The SMILES string of the molecule is CC(C)(O)[C@@H]1CCCN1C(=O)Cc1cc(F)c(F)cc1F. The summed E-state index contributed by atoms with van der Waals surface area (Å²) in [6, 6.07) is 0.797. The molecule has 1 atom stereocenters. The molecule has 0 radical (unpaired) electrons. The molecule has 2 rings (SSSR count). The fraction of sp³-hybridized carbons (Fsp3) is 0.533. The molecular formula is C15H18F3NO2. The molecule has 0 spiro atoms. The maximum Gasteiger partial charge on any atom is 0.227 e. The molecule has 0 saturated carbocycles. The summed E-state index contributed by atoms with van der Waals surface area (Å²) in [6.45, 7) is 3.70. The van der Waals surface area contributed by atoms with Crippen molar-refractivity contribution in [2.75, 3.05) is 6.54 Å². The van der Waals surface area contributed by atoms with Crippen LogP contribution < -0.4 is 0 Å². The average molecular weight is 301 g/mol. The number of carbonyl (C=O) groups excluding carboxylic acids is 1. The summed E-state index contributed by atoms with van der Waals surface area (Å²) >= 11 is 0. The van der Waals surface area contributed by atoms with E-state index >= 15 is 0 Å². The monoisotopic (exact) mass is 301 g/mol. The summed E-state index contributed by atoms with van der Waals surface area (Å²) in [5.41, 5.74) is -1.24. The smallest absolute Gasteiger partial charge is 0.227 e. The molecule has 1 N–H and O–H groups in total. The first-order chi connectivity index (χ1) is 9.70. The van der Waals surface area contributed by atoms with Gasteiger partial charge in [-0.3, -0.25) is 4.79 Å². The van der Waals surface area contributed by atoms with E-state index in [9.17, 15) is 23.1 Å². The van der Waals surface area contributed by atoms with Crippen molar-refractivity contribution >= 4 is 5.91 Å². The normalized spacial score (nSPS) is 19.1. The van der Waals surface area contributed by atoms with Crippen LogP contribution in [0.2, 0.25) is 0 Å². The Morgan fingerprint density at radius 2 is 1.90 bits per heavy atom. The quantitative estimate of drug-likeness (QED) is 0.871. The summed E-state index contributed by atoms with van der Waals surface area (Å²) in [6.07, 6.45) is 1.06. The number of rotatable bonds is 3. The second-order valence-corrected chi connectivity index (χ2v) is 5.93. The Morgan fingerprint density at radius 1 is 1.29 bits per heavy atom. The molecule has 1 aliphatic heterocycles. The summed E-state index contributed by atoms with van der Waals surface area (Å²) in [7, 11) is 0. The second-order valence-electron chi connectivity index (χ2n) is 5.93. The van der Waals surface area contributed by atoms with Crippen LogP contribution in [-0.4, -0.2) is 34.1 Å². The Labute approximate surface area is 121 Å². The zero-order chi connectivity index (χ0) is 15.8. The number of aliphatic hydroxyl groups is 1. The van der Waals surface area contributed by atoms with Gasteiger partial charge in [-0.1, -0.05) is 0 Å². The lowest BCUT2D eigenvalue weighted by Crippen LogP contribution is -2.48. The number of hydrogen-bond acceptors (Lipinski definition) is 2. The lowest BCUT2D eigenvalue weighted by Gasteiger charge is -2.34. The third kappa shape index (κ3) is 3.37. The number of likely N-dealkylation sites (tertiary alicyclic amines) is 1. The molecule has 0 bridgehead atoms. The standard InChI is InChI=1S/C15H18F3NO2/c1-15(2,21)13-4-3-5-19(13)14(20)7-9-6-11(17)12(18)8-10(9)16/h6,8,13,21H,3-5,7H2,1-2H3/t13-/m0/s1. The number of nitrogens with zero attached hydrogens (tertiary/aromatic N) is 1. The Balaban J connectivity index is 2.17. The number of halogens is 3. The molecule has 1 aromatic carbocycles. The zero-order valence-electron chi connectivity index (χ0n) is 12.0. The van der Waals surface area contributed by atoms with Crippen LogP contribution in [0.25, 0.3) is 0 Å². The van der Waals surface area contributed by atoms with Crippen molar-refractivity contribution in [2.45, 2.75) is 44.8 Å². The van der Waals surface area contributed by atoms with Gasteiger partial charge in [0.1, 0.15) is 5.82 Å². The van der Waals surface area contributed by atoms with Crippen LogP contribution in [0.4, 0.5) is 13.2 Å². The van der Waals surface area contributed by atoms with Gasteiger partial charge >= 0.3 is 0 Å². The number of hydrogen-bond donors (Lipinski definition) is 1. The lowest BCUT2D eigenvalue weighted by molar-refractivity contribution is -0.135. The van der Waals surface area contributed by atoms with E-state index in [-0.39, 0.29) is 18.0 Å². The van der Waals surface area contributed by atoms with Crippen molar-refractivity contribution in [3.8, 4) is 0 Å². The highest BCUT2D eigenvalue weighted by Crippen LogP contribution is 2.27. The first-order valence-electron chi connectivity index (χ1n) is 6.85. The van der Waals surface area contributed by atoms with Crippen LogP contribution in [0.15, 0.2) is 12.1 Å². The highest BCUT2D eigenvalue weighted by atomic mass is 19.2. The molecule has 3 nitrogen and oxygen atoms in total. The van der Waals surface area contributed by atoms with Gasteiger partial charge in [0.2, 0.25) is 5.91 Å². The first-order valence-corrected chi connectivity index (χ1v) is 6.85. The topological polar surface area (TPSA) is 40.5 Å². The van der Waals surface area contributed by atoms with Crippen LogP contribution in [0.3, 0.4) is 0 Å². The minimum Gasteiger partial charge on any atom is -0.388 e. The number of amides is 1. The van der Waals surface area contributed by atoms with Crippen LogP contribution >= 0.6 is 0 Å². The largest absolute Gasteiger partial charge is 0.388 e. The molecule has 1 fully saturated rings. The third-order valence-corrected chi connectivity index (χ3v) is 3.82. The van der Waals surface area contributed by atoms with E-state index in [1.54, 1.807) is 13.8 Å². The third-order valence-electron chi connectivity index (χ3n) is 3.82.